The molecule has 106 valence electrons. The zero-order chi connectivity index (χ0) is 14.7. The van der Waals surface area contributed by atoms with Crippen LogP contribution in [0, 0.1) is 11.3 Å². The summed E-state index contributed by atoms with van der Waals surface area (Å²) in [5.41, 5.74) is -1.29. The van der Waals surface area contributed by atoms with E-state index >= 15 is 0 Å². The van der Waals surface area contributed by atoms with Gasteiger partial charge in [0, 0.05) is 5.41 Å². The Morgan fingerprint density at radius 1 is 1.33 bits per heavy atom. The second-order valence-corrected chi connectivity index (χ2v) is 5.23. The molecule has 0 spiro atoms. The minimum absolute atomic E-state index is 0.451. The average molecular weight is 267 g/mol. The fourth-order valence-electron chi connectivity index (χ4n) is 1.58. The molecule has 0 saturated heterocycles. The smallest absolute Gasteiger partial charge is 0.404 e. The van der Waals surface area contributed by atoms with E-state index in [-0.39, 0.29) is 0 Å². The number of nitrogens with one attached hydrogen (secondary N) is 1. The van der Waals surface area contributed by atoms with Crippen molar-refractivity contribution in [2.45, 2.75) is 46.0 Å². The van der Waals surface area contributed by atoms with Crippen molar-refractivity contribution in [3.63, 3.8) is 0 Å². The summed E-state index contributed by atoms with van der Waals surface area (Å²) in [6, 6.07) is -3.21. The van der Waals surface area contributed by atoms with Crippen LogP contribution in [-0.2, 0) is 4.79 Å². The van der Waals surface area contributed by atoms with Gasteiger partial charge < -0.3 is 5.11 Å². The molecule has 0 aliphatic rings. The number of carbonyl (C=O) groups is 1. The van der Waals surface area contributed by atoms with Crippen molar-refractivity contribution in [2.75, 3.05) is 0 Å². The monoisotopic (exact) mass is 267 g/mol. The van der Waals surface area contributed by atoms with Gasteiger partial charge in [0.25, 0.3) is 0 Å². The molecule has 0 radical (unpaired) electrons. The lowest BCUT2D eigenvalue weighted by molar-refractivity contribution is -0.178. The van der Waals surface area contributed by atoms with Crippen LogP contribution in [0.15, 0.2) is 12.7 Å². The van der Waals surface area contributed by atoms with Crippen molar-refractivity contribution < 1.29 is 23.1 Å². The highest BCUT2D eigenvalue weighted by Crippen LogP contribution is 2.35. The van der Waals surface area contributed by atoms with Crippen LogP contribution >= 0.6 is 0 Å². The van der Waals surface area contributed by atoms with Gasteiger partial charge in [-0.05, 0) is 5.92 Å². The highest BCUT2D eigenvalue weighted by Gasteiger charge is 2.49. The van der Waals surface area contributed by atoms with Crippen LogP contribution in [0.1, 0.15) is 27.7 Å². The van der Waals surface area contributed by atoms with Gasteiger partial charge in [-0.2, -0.15) is 13.2 Å². The van der Waals surface area contributed by atoms with E-state index in [1.807, 2.05) is 0 Å². The molecule has 0 aromatic carbocycles. The number of alkyl halides is 3. The molecule has 0 heterocycles. The normalized spacial score (nSPS) is 16.4. The maximum absolute atomic E-state index is 13.0. The minimum Gasteiger partial charge on any atom is -0.480 e. The van der Waals surface area contributed by atoms with Crippen molar-refractivity contribution in [3.05, 3.63) is 12.7 Å². The third-order valence-corrected chi connectivity index (χ3v) is 2.88. The second kappa shape index (κ2) is 5.73. The van der Waals surface area contributed by atoms with Crippen LogP contribution in [0.3, 0.4) is 0 Å². The van der Waals surface area contributed by atoms with Gasteiger partial charge in [-0.1, -0.05) is 33.8 Å². The third kappa shape index (κ3) is 4.33. The number of halogens is 3. The Morgan fingerprint density at radius 2 is 1.78 bits per heavy atom. The Hall–Kier alpha value is -1.04. The molecule has 6 heteroatoms. The summed E-state index contributed by atoms with van der Waals surface area (Å²) in [5.74, 6) is -1.74. The Labute approximate surface area is 105 Å². The lowest BCUT2D eigenvalue weighted by Gasteiger charge is -2.36. The number of hydrogen-bond acceptors (Lipinski definition) is 2. The molecule has 2 atom stereocenters. The van der Waals surface area contributed by atoms with Crippen molar-refractivity contribution in [2.24, 2.45) is 11.3 Å². The molecule has 0 amide bonds. The average Bonchev–Trinajstić information content (AvgIpc) is 2.14. The van der Waals surface area contributed by atoms with E-state index in [0.29, 0.717) is 0 Å². The number of carboxylic acids is 1. The molecule has 18 heavy (non-hydrogen) atoms. The Bertz CT molecular complexity index is 311. The predicted molar refractivity (Wildman–Crippen MR) is 63.2 cm³/mol. The lowest BCUT2D eigenvalue weighted by atomic mass is 9.83. The zero-order valence-corrected chi connectivity index (χ0v) is 11.0. The molecule has 0 bridgehead atoms. The number of carboxylic acid groups (broad SMARTS) is 1. The van der Waals surface area contributed by atoms with E-state index in [4.69, 9.17) is 5.11 Å². The summed E-state index contributed by atoms with van der Waals surface area (Å²) in [6.07, 6.45) is -3.36. The highest BCUT2D eigenvalue weighted by molar-refractivity contribution is 5.73. The second-order valence-electron chi connectivity index (χ2n) is 5.23. The number of rotatable bonds is 6. The predicted octanol–water partition coefficient (Wildman–Crippen LogP) is 2.83. The van der Waals surface area contributed by atoms with Crippen molar-refractivity contribution in [1.82, 2.24) is 5.32 Å². The first-order valence-corrected chi connectivity index (χ1v) is 5.62. The van der Waals surface area contributed by atoms with E-state index in [1.165, 1.54) is 19.9 Å². The van der Waals surface area contributed by atoms with E-state index in [9.17, 15) is 18.0 Å². The quantitative estimate of drug-likeness (QED) is 0.727. The molecule has 0 aromatic heterocycles. The molecule has 0 fully saturated rings. The number of hydrogen-bond donors (Lipinski definition) is 2. The molecule has 3 nitrogen and oxygen atoms in total. The Morgan fingerprint density at radius 3 is 2.00 bits per heavy atom. The van der Waals surface area contributed by atoms with Crippen LogP contribution in [0.5, 0.6) is 0 Å². The van der Waals surface area contributed by atoms with Gasteiger partial charge in [0.15, 0.2) is 0 Å². The molecule has 2 N–H and O–H groups in total. The van der Waals surface area contributed by atoms with Gasteiger partial charge >= 0.3 is 12.1 Å². The maximum atomic E-state index is 13.0. The third-order valence-electron chi connectivity index (χ3n) is 2.88. The van der Waals surface area contributed by atoms with Gasteiger partial charge in [-0.15, -0.1) is 6.58 Å². The largest absolute Gasteiger partial charge is 0.480 e. The van der Waals surface area contributed by atoms with Crippen LogP contribution in [0.2, 0.25) is 0 Å². The van der Waals surface area contributed by atoms with E-state index in [2.05, 4.69) is 11.9 Å². The number of aliphatic carboxylic acids is 1. The van der Waals surface area contributed by atoms with Crippen LogP contribution < -0.4 is 5.32 Å². The molecule has 1 unspecified atom stereocenters. The molecular weight excluding hydrogens is 247 g/mol. The molecule has 0 aliphatic carbocycles. The van der Waals surface area contributed by atoms with Crippen molar-refractivity contribution in [3.8, 4) is 0 Å². The summed E-state index contributed by atoms with van der Waals surface area (Å²) in [4.78, 5) is 11.0. The molecular formula is C12H20F3NO2. The highest BCUT2D eigenvalue weighted by atomic mass is 19.4. The van der Waals surface area contributed by atoms with E-state index in [1.54, 1.807) is 13.8 Å². The topological polar surface area (TPSA) is 49.3 Å². The summed E-state index contributed by atoms with van der Waals surface area (Å²) >= 11 is 0. The van der Waals surface area contributed by atoms with Gasteiger partial charge in [0.2, 0.25) is 0 Å². The zero-order valence-electron chi connectivity index (χ0n) is 11.0. The minimum atomic E-state index is -4.54. The fraction of sp³-hybridized carbons (Fsp3) is 0.750. The first-order chi connectivity index (χ1) is 7.93. The Kier molecular flexibility index (Phi) is 5.40. The van der Waals surface area contributed by atoms with Gasteiger partial charge in [0.05, 0.1) is 0 Å². The van der Waals surface area contributed by atoms with Gasteiger partial charge in [-0.3, -0.25) is 10.1 Å². The molecule has 0 aromatic rings. The first kappa shape index (κ1) is 17.0. The standard InChI is InChI=1S/C12H20F3NO2/c1-6-11(4,5)10(12(13,14)15)16-8(7(2)3)9(17)18/h6-8,10,16H,1H2,2-5H3,(H,17,18)/t8?,10-/m1/s1. The van der Waals surface area contributed by atoms with Crippen molar-refractivity contribution in [1.29, 1.82) is 0 Å². The van der Waals surface area contributed by atoms with Crippen LogP contribution in [-0.4, -0.2) is 29.3 Å². The molecule has 0 rings (SSSR count). The van der Waals surface area contributed by atoms with Crippen LogP contribution in [0.25, 0.3) is 0 Å². The van der Waals surface area contributed by atoms with Crippen molar-refractivity contribution >= 4 is 5.97 Å². The lowest BCUT2D eigenvalue weighted by Crippen LogP contribution is -2.58. The first-order valence-electron chi connectivity index (χ1n) is 5.62. The molecule has 0 saturated carbocycles. The van der Waals surface area contributed by atoms with Gasteiger partial charge in [-0.25, -0.2) is 0 Å². The maximum Gasteiger partial charge on any atom is 0.404 e. The summed E-state index contributed by atoms with van der Waals surface area (Å²) in [7, 11) is 0. The fourth-order valence-corrected chi connectivity index (χ4v) is 1.58. The van der Waals surface area contributed by atoms with Gasteiger partial charge in [0.1, 0.15) is 12.1 Å². The van der Waals surface area contributed by atoms with E-state index < -0.39 is 35.6 Å². The Balaban J connectivity index is 5.25. The van der Waals surface area contributed by atoms with Crippen LogP contribution in [0.4, 0.5) is 13.2 Å². The summed E-state index contributed by atoms with van der Waals surface area (Å²) in [5, 5.41) is 11.1. The summed E-state index contributed by atoms with van der Waals surface area (Å²) in [6.45, 7) is 9.22. The summed E-state index contributed by atoms with van der Waals surface area (Å²) < 4.78 is 39.0. The van der Waals surface area contributed by atoms with E-state index in [0.717, 1.165) is 0 Å². The SMILES string of the molecule is C=CC(C)(C)[C@@H](NC(C(=O)O)C(C)C)C(F)(F)F. The molecule has 0 aliphatic heterocycles.